The number of nitrogens with zero attached hydrogens (tertiary/aromatic N) is 3. The second-order valence-electron chi connectivity index (χ2n) is 4.91. The topological polar surface area (TPSA) is 30.3 Å². The van der Waals surface area contributed by atoms with Crippen LogP contribution in [0, 0.1) is 0 Å². The molecule has 0 aliphatic carbocycles. The molecule has 0 bridgehead atoms. The normalized spacial score (nSPS) is 16.6. The standard InChI is InChI=1S/C15H19N3O/c1-19-15-5-2-4-14(12-15)17-10-6-13(7-11-17)18-9-3-8-16-18/h2-5,8-9,12-13H,6-7,10-11H2,1H3. The van der Waals surface area contributed by atoms with Gasteiger partial charge in [-0.3, -0.25) is 4.68 Å². The number of anilines is 1. The lowest BCUT2D eigenvalue weighted by atomic mass is 10.0. The summed E-state index contributed by atoms with van der Waals surface area (Å²) < 4.78 is 7.37. The number of ether oxygens (including phenoxy) is 1. The summed E-state index contributed by atoms with van der Waals surface area (Å²) >= 11 is 0. The minimum absolute atomic E-state index is 0.539. The minimum Gasteiger partial charge on any atom is -0.497 e. The van der Waals surface area contributed by atoms with Gasteiger partial charge in [-0.05, 0) is 31.0 Å². The summed E-state index contributed by atoms with van der Waals surface area (Å²) in [7, 11) is 1.71. The van der Waals surface area contributed by atoms with Crippen molar-refractivity contribution in [1.82, 2.24) is 9.78 Å². The van der Waals surface area contributed by atoms with Crippen LogP contribution in [0.3, 0.4) is 0 Å². The molecule has 0 amide bonds. The summed E-state index contributed by atoms with van der Waals surface area (Å²) in [5.74, 6) is 0.923. The van der Waals surface area contributed by atoms with E-state index >= 15 is 0 Å². The lowest BCUT2D eigenvalue weighted by Crippen LogP contribution is -2.34. The lowest BCUT2D eigenvalue weighted by molar-refractivity contribution is 0.366. The summed E-state index contributed by atoms with van der Waals surface area (Å²) in [6.45, 7) is 2.13. The van der Waals surface area contributed by atoms with Crippen molar-refractivity contribution in [3.8, 4) is 5.75 Å². The van der Waals surface area contributed by atoms with Crippen molar-refractivity contribution in [3.63, 3.8) is 0 Å². The zero-order valence-corrected chi connectivity index (χ0v) is 11.2. The summed E-state index contributed by atoms with van der Waals surface area (Å²) in [5.41, 5.74) is 1.25. The van der Waals surface area contributed by atoms with Gasteiger partial charge in [-0.25, -0.2) is 0 Å². The van der Waals surface area contributed by atoms with Gasteiger partial charge < -0.3 is 9.64 Å². The summed E-state index contributed by atoms with van der Waals surface area (Å²) in [5, 5.41) is 4.34. The molecule has 0 radical (unpaired) electrons. The van der Waals surface area contributed by atoms with Crippen molar-refractivity contribution < 1.29 is 4.74 Å². The summed E-state index contributed by atoms with van der Waals surface area (Å²) in [4.78, 5) is 2.42. The molecule has 4 heteroatoms. The maximum Gasteiger partial charge on any atom is 0.120 e. The molecule has 1 saturated heterocycles. The molecule has 0 unspecified atom stereocenters. The first-order valence-corrected chi connectivity index (χ1v) is 6.75. The maximum atomic E-state index is 5.28. The first kappa shape index (κ1) is 12.1. The third-order valence-electron chi connectivity index (χ3n) is 3.78. The number of piperidine rings is 1. The Balaban J connectivity index is 1.66. The molecule has 19 heavy (non-hydrogen) atoms. The van der Waals surface area contributed by atoms with E-state index in [0.717, 1.165) is 31.7 Å². The summed E-state index contributed by atoms with van der Waals surface area (Å²) in [6.07, 6.45) is 6.19. The molecule has 0 saturated carbocycles. The van der Waals surface area contributed by atoms with Crippen LogP contribution in [-0.2, 0) is 0 Å². The fourth-order valence-corrected chi connectivity index (χ4v) is 2.69. The van der Waals surface area contributed by atoms with E-state index < -0.39 is 0 Å². The van der Waals surface area contributed by atoms with Crippen LogP contribution >= 0.6 is 0 Å². The molecular formula is C15H19N3O. The third kappa shape index (κ3) is 2.57. The predicted molar refractivity (Wildman–Crippen MR) is 75.7 cm³/mol. The average molecular weight is 257 g/mol. The predicted octanol–water partition coefficient (Wildman–Crippen LogP) is 2.73. The third-order valence-corrected chi connectivity index (χ3v) is 3.78. The zero-order valence-electron chi connectivity index (χ0n) is 11.2. The highest BCUT2D eigenvalue weighted by molar-refractivity contribution is 5.51. The van der Waals surface area contributed by atoms with Gasteiger partial charge in [-0.1, -0.05) is 6.07 Å². The van der Waals surface area contributed by atoms with Gasteiger partial charge in [-0.15, -0.1) is 0 Å². The molecule has 2 aromatic rings. The van der Waals surface area contributed by atoms with Gasteiger partial charge in [0.15, 0.2) is 0 Å². The van der Waals surface area contributed by atoms with Crippen LogP contribution in [-0.4, -0.2) is 30.0 Å². The smallest absolute Gasteiger partial charge is 0.120 e. The molecule has 0 N–H and O–H groups in total. The SMILES string of the molecule is COc1cccc(N2CCC(n3cccn3)CC2)c1. The van der Waals surface area contributed by atoms with Crippen LogP contribution in [0.25, 0.3) is 0 Å². The molecule has 1 aliphatic rings. The van der Waals surface area contributed by atoms with E-state index in [0.29, 0.717) is 6.04 Å². The van der Waals surface area contributed by atoms with E-state index in [-0.39, 0.29) is 0 Å². The molecule has 4 nitrogen and oxygen atoms in total. The average Bonchev–Trinajstić information content (AvgIpc) is 3.02. The van der Waals surface area contributed by atoms with Crippen molar-refractivity contribution in [2.75, 3.05) is 25.1 Å². The molecule has 1 aliphatic heterocycles. The fourth-order valence-electron chi connectivity index (χ4n) is 2.69. The van der Waals surface area contributed by atoms with Gasteiger partial charge >= 0.3 is 0 Å². The zero-order chi connectivity index (χ0) is 13.1. The van der Waals surface area contributed by atoms with Gasteiger partial charge in [0, 0.05) is 37.2 Å². The Labute approximate surface area is 113 Å². The highest BCUT2D eigenvalue weighted by Gasteiger charge is 2.20. The monoisotopic (exact) mass is 257 g/mol. The van der Waals surface area contributed by atoms with Crippen LogP contribution in [0.2, 0.25) is 0 Å². The largest absolute Gasteiger partial charge is 0.497 e. The molecule has 1 aromatic heterocycles. The maximum absolute atomic E-state index is 5.28. The second kappa shape index (κ2) is 5.34. The van der Waals surface area contributed by atoms with Crippen LogP contribution in [0.4, 0.5) is 5.69 Å². The van der Waals surface area contributed by atoms with Crippen molar-refractivity contribution in [2.45, 2.75) is 18.9 Å². The molecule has 2 heterocycles. The van der Waals surface area contributed by atoms with Crippen LogP contribution in [0.5, 0.6) is 5.75 Å². The second-order valence-corrected chi connectivity index (χ2v) is 4.91. The van der Waals surface area contributed by atoms with E-state index in [1.807, 2.05) is 24.4 Å². The Kier molecular flexibility index (Phi) is 3.40. The van der Waals surface area contributed by atoms with Crippen LogP contribution in [0.1, 0.15) is 18.9 Å². The number of benzene rings is 1. The number of methoxy groups -OCH3 is 1. The number of hydrogen-bond acceptors (Lipinski definition) is 3. The Hall–Kier alpha value is -1.97. The van der Waals surface area contributed by atoms with E-state index in [1.54, 1.807) is 7.11 Å². The van der Waals surface area contributed by atoms with Crippen molar-refractivity contribution in [2.24, 2.45) is 0 Å². The molecule has 0 atom stereocenters. The highest BCUT2D eigenvalue weighted by atomic mass is 16.5. The van der Waals surface area contributed by atoms with Gasteiger partial charge in [-0.2, -0.15) is 5.10 Å². The van der Waals surface area contributed by atoms with Crippen LogP contribution < -0.4 is 9.64 Å². The van der Waals surface area contributed by atoms with Gasteiger partial charge in [0.05, 0.1) is 13.2 Å². The minimum atomic E-state index is 0.539. The Bertz CT molecular complexity index is 516. The number of hydrogen-bond donors (Lipinski definition) is 0. The first-order valence-electron chi connectivity index (χ1n) is 6.75. The van der Waals surface area contributed by atoms with E-state index in [9.17, 15) is 0 Å². The molecule has 0 spiro atoms. The quantitative estimate of drug-likeness (QED) is 0.847. The molecule has 100 valence electrons. The van der Waals surface area contributed by atoms with Crippen molar-refractivity contribution in [1.29, 1.82) is 0 Å². The lowest BCUT2D eigenvalue weighted by Gasteiger charge is -2.33. The van der Waals surface area contributed by atoms with Crippen molar-refractivity contribution >= 4 is 5.69 Å². The number of aromatic nitrogens is 2. The van der Waals surface area contributed by atoms with Crippen LogP contribution in [0.15, 0.2) is 42.7 Å². The molecular weight excluding hydrogens is 238 g/mol. The van der Waals surface area contributed by atoms with Gasteiger partial charge in [0.25, 0.3) is 0 Å². The molecule has 3 rings (SSSR count). The van der Waals surface area contributed by atoms with Crippen molar-refractivity contribution in [3.05, 3.63) is 42.7 Å². The fraction of sp³-hybridized carbons (Fsp3) is 0.400. The Morgan fingerprint density at radius 3 is 2.74 bits per heavy atom. The van der Waals surface area contributed by atoms with Gasteiger partial charge in [0.1, 0.15) is 5.75 Å². The van der Waals surface area contributed by atoms with Gasteiger partial charge in [0.2, 0.25) is 0 Å². The first-order chi connectivity index (χ1) is 9.36. The molecule has 1 fully saturated rings. The summed E-state index contributed by atoms with van der Waals surface area (Å²) in [6, 6.07) is 10.8. The Morgan fingerprint density at radius 2 is 2.05 bits per heavy atom. The van der Waals surface area contributed by atoms with E-state index in [2.05, 4.69) is 33.0 Å². The highest BCUT2D eigenvalue weighted by Crippen LogP contribution is 2.27. The molecule has 1 aromatic carbocycles. The van der Waals surface area contributed by atoms with E-state index in [4.69, 9.17) is 4.74 Å². The van der Waals surface area contributed by atoms with E-state index in [1.165, 1.54) is 5.69 Å². The number of rotatable bonds is 3. The Morgan fingerprint density at radius 1 is 1.21 bits per heavy atom.